The molecule has 1 atom stereocenters. The number of carbonyl (C=O) groups is 1. The SMILES string of the molecule is CCCCCCCCCCCCC(CCC=O)Cc1ccc2c(c1)OCCO2. The Morgan fingerprint density at radius 2 is 1.50 bits per heavy atom. The normalized spacial score (nSPS) is 14.0. The van der Waals surface area contributed by atoms with E-state index in [1.54, 1.807) is 0 Å². The average Bonchev–Trinajstić information content (AvgIpc) is 2.73. The summed E-state index contributed by atoms with van der Waals surface area (Å²) in [5, 5.41) is 0. The van der Waals surface area contributed by atoms with E-state index in [-0.39, 0.29) is 0 Å². The highest BCUT2D eigenvalue weighted by atomic mass is 16.6. The molecule has 0 spiro atoms. The van der Waals surface area contributed by atoms with Crippen LogP contribution in [0.1, 0.15) is 96.0 Å². The van der Waals surface area contributed by atoms with Gasteiger partial charge in [0.1, 0.15) is 19.5 Å². The lowest BCUT2D eigenvalue weighted by molar-refractivity contribution is -0.108. The fraction of sp³-hybridized carbons (Fsp3) is 0.720. The number of aldehydes is 1. The fourth-order valence-electron chi connectivity index (χ4n) is 4.12. The van der Waals surface area contributed by atoms with Crippen molar-refractivity contribution in [1.82, 2.24) is 0 Å². The molecule has 1 aliphatic rings. The third-order valence-electron chi connectivity index (χ3n) is 5.79. The van der Waals surface area contributed by atoms with E-state index in [1.807, 2.05) is 6.07 Å². The van der Waals surface area contributed by atoms with Crippen molar-refractivity contribution in [3.63, 3.8) is 0 Å². The van der Waals surface area contributed by atoms with Gasteiger partial charge in [0.25, 0.3) is 0 Å². The van der Waals surface area contributed by atoms with E-state index in [9.17, 15) is 4.79 Å². The summed E-state index contributed by atoms with van der Waals surface area (Å²) in [7, 11) is 0. The van der Waals surface area contributed by atoms with Crippen LogP contribution in [0.4, 0.5) is 0 Å². The summed E-state index contributed by atoms with van der Waals surface area (Å²) in [6.45, 7) is 3.53. The highest BCUT2D eigenvalue weighted by molar-refractivity contribution is 5.49. The molecule has 158 valence electrons. The van der Waals surface area contributed by atoms with Crippen molar-refractivity contribution in [1.29, 1.82) is 0 Å². The Morgan fingerprint density at radius 3 is 2.18 bits per heavy atom. The van der Waals surface area contributed by atoms with Crippen LogP contribution in [0, 0.1) is 5.92 Å². The molecule has 0 fully saturated rings. The Hall–Kier alpha value is -1.51. The van der Waals surface area contributed by atoms with Crippen molar-refractivity contribution in [2.75, 3.05) is 13.2 Å². The molecule has 3 nitrogen and oxygen atoms in total. The molecule has 1 unspecified atom stereocenters. The lowest BCUT2D eigenvalue weighted by atomic mass is 9.89. The molecule has 0 saturated carbocycles. The lowest BCUT2D eigenvalue weighted by Crippen LogP contribution is -2.15. The first kappa shape index (κ1) is 22.8. The number of benzene rings is 1. The van der Waals surface area contributed by atoms with E-state index in [1.165, 1.54) is 76.2 Å². The molecular weight excluding hydrogens is 348 g/mol. The monoisotopic (exact) mass is 388 g/mol. The summed E-state index contributed by atoms with van der Waals surface area (Å²) in [6, 6.07) is 6.31. The van der Waals surface area contributed by atoms with Gasteiger partial charge in [0.2, 0.25) is 0 Å². The van der Waals surface area contributed by atoms with Crippen LogP contribution in [0.15, 0.2) is 18.2 Å². The van der Waals surface area contributed by atoms with E-state index in [0.29, 0.717) is 25.6 Å². The van der Waals surface area contributed by atoms with Crippen LogP contribution >= 0.6 is 0 Å². The van der Waals surface area contributed by atoms with Gasteiger partial charge in [0, 0.05) is 6.42 Å². The van der Waals surface area contributed by atoms with Gasteiger partial charge in [-0.25, -0.2) is 0 Å². The summed E-state index contributed by atoms with van der Waals surface area (Å²) in [5.74, 6) is 2.31. The highest BCUT2D eigenvalue weighted by Gasteiger charge is 2.14. The van der Waals surface area contributed by atoms with Gasteiger partial charge < -0.3 is 14.3 Å². The number of carbonyl (C=O) groups excluding carboxylic acids is 1. The zero-order valence-corrected chi connectivity index (χ0v) is 17.9. The Kier molecular flexibility index (Phi) is 11.8. The second-order valence-corrected chi connectivity index (χ2v) is 8.26. The molecule has 3 heteroatoms. The molecule has 28 heavy (non-hydrogen) atoms. The third-order valence-corrected chi connectivity index (χ3v) is 5.79. The highest BCUT2D eigenvalue weighted by Crippen LogP contribution is 2.32. The fourth-order valence-corrected chi connectivity index (χ4v) is 4.12. The molecular formula is C25H40O3. The van der Waals surface area contributed by atoms with Crippen molar-refractivity contribution in [2.45, 2.75) is 96.8 Å². The molecule has 0 radical (unpaired) electrons. The molecule has 1 aromatic carbocycles. The van der Waals surface area contributed by atoms with Crippen molar-refractivity contribution in [3.05, 3.63) is 23.8 Å². The molecule has 0 N–H and O–H groups in total. The minimum Gasteiger partial charge on any atom is -0.486 e. The number of hydrogen-bond acceptors (Lipinski definition) is 3. The van der Waals surface area contributed by atoms with Gasteiger partial charge in [-0.2, -0.15) is 0 Å². The predicted molar refractivity (Wildman–Crippen MR) is 116 cm³/mol. The lowest BCUT2D eigenvalue weighted by Gasteiger charge is -2.20. The molecule has 0 bridgehead atoms. The summed E-state index contributed by atoms with van der Waals surface area (Å²) < 4.78 is 11.3. The van der Waals surface area contributed by atoms with Crippen LogP contribution in [-0.2, 0) is 11.2 Å². The summed E-state index contributed by atoms with van der Waals surface area (Å²) in [4.78, 5) is 10.9. The Bertz CT molecular complexity index is 541. The number of fused-ring (bicyclic) bond motifs is 1. The molecule has 0 aromatic heterocycles. The first-order valence-electron chi connectivity index (χ1n) is 11.7. The molecule has 0 aliphatic carbocycles. The molecule has 1 heterocycles. The quantitative estimate of drug-likeness (QED) is 0.228. The Balaban J connectivity index is 1.65. The van der Waals surface area contributed by atoms with Gasteiger partial charge in [-0.05, 0) is 36.5 Å². The van der Waals surface area contributed by atoms with Crippen LogP contribution in [0.2, 0.25) is 0 Å². The second kappa shape index (κ2) is 14.5. The maximum absolute atomic E-state index is 10.9. The van der Waals surface area contributed by atoms with E-state index in [2.05, 4.69) is 19.1 Å². The van der Waals surface area contributed by atoms with E-state index < -0.39 is 0 Å². The number of hydrogen-bond donors (Lipinski definition) is 0. The number of ether oxygens (including phenoxy) is 2. The van der Waals surface area contributed by atoms with Crippen LogP contribution in [0.3, 0.4) is 0 Å². The van der Waals surface area contributed by atoms with Crippen molar-refractivity contribution in [3.8, 4) is 11.5 Å². The van der Waals surface area contributed by atoms with E-state index >= 15 is 0 Å². The smallest absolute Gasteiger partial charge is 0.161 e. The predicted octanol–water partition coefficient (Wildman–Crippen LogP) is 6.91. The maximum Gasteiger partial charge on any atom is 0.161 e. The van der Waals surface area contributed by atoms with Crippen LogP contribution < -0.4 is 9.47 Å². The Labute approximate surface area is 172 Å². The van der Waals surface area contributed by atoms with Crippen molar-refractivity contribution >= 4 is 6.29 Å². The van der Waals surface area contributed by atoms with Gasteiger partial charge >= 0.3 is 0 Å². The molecule has 1 aliphatic heterocycles. The topological polar surface area (TPSA) is 35.5 Å². The van der Waals surface area contributed by atoms with Gasteiger partial charge in [-0.3, -0.25) is 0 Å². The first-order chi connectivity index (χ1) is 13.8. The second-order valence-electron chi connectivity index (χ2n) is 8.26. The summed E-state index contributed by atoms with van der Waals surface area (Å²) in [6.07, 6.45) is 18.7. The van der Waals surface area contributed by atoms with Crippen LogP contribution in [-0.4, -0.2) is 19.5 Å². The summed E-state index contributed by atoms with van der Waals surface area (Å²) >= 11 is 0. The number of unbranched alkanes of at least 4 members (excludes halogenated alkanes) is 9. The summed E-state index contributed by atoms with van der Waals surface area (Å²) in [5.41, 5.74) is 1.30. The van der Waals surface area contributed by atoms with Crippen molar-refractivity contribution in [2.24, 2.45) is 5.92 Å². The largest absolute Gasteiger partial charge is 0.486 e. The third kappa shape index (κ3) is 9.12. The minimum absolute atomic E-state index is 0.585. The molecule has 1 aromatic rings. The Morgan fingerprint density at radius 1 is 0.857 bits per heavy atom. The van der Waals surface area contributed by atoms with Crippen LogP contribution in [0.25, 0.3) is 0 Å². The minimum atomic E-state index is 0.585. The van der Waals surface area contributed by atoms with Gasteiger partial charge in [-0.1, -0.05) is 83.6 Å². The average molecular weight is 389 g/mol. The van der Waals surface area contributed by atoms with Crippen molar-refractivity contribution < 1.29 is 14.3 Å². The first-order valence-corrected chi connectivity index (χ1v) is 11.7. The number of rotatable bonds is 16. The maximum atomic E-state index is 10.9. The van der Waals surface area contributed by atoms with Crippen LogP contribution in [0.5, 0.6) is 11.5 Å². The standard InChI is InChI=1S/C25H40O3/c1-2-3-4-5-6-7-8-9-10-11-13-22(14-12-17-26)20-23-15-16-24-25(21-23)28-19-18-27-24/h15-17,21-22H,2-14,18-20H2,1H3. The van der Waals surface area contributed by atoms with Gasteiger partial charge in [0.05, 0.1) is 0 Å². The van der Waals surface area contributed by atoms with E-state index in [4.69, 9.17) is 9.47 Å². The molecule has 0 amide bonds. The zero-order valence-electron chi connectivity index (χ0n) is 17.9. The van der Waals surface area contributed by atoms with Gasteiger partial charge in [-0.15, -0.1) is 0 Å². The molecule has 2 rings (SSSR count). The molecule has 0 saturated heterocycles. The zero-order chi connectivity index (χ0) is 19.9. The van der Waals surface area contributed by atoms with Gasteiger partial charge in [0.15, 0.2) is 11.5 Å². The van der Waals surface area contributed by atoms with E-state index in [0.717, 1.165) is 30.6 Å².